The fourth-order valence-electron chi connectivity index (χ4n) is 2.41. The molecule has 0 heterocycles. The van der Waals surface area contributed by atoms with Crippen LogP contribution >= 0.6 is 0 Å². The number of aliphatic carboxylic acids is 1. The maximum absolute atomic E-state index is 12.6. The fourth-order valence-corrected chi connectivity index (χ4v) is 2.41. The van der Waals surface area contributed by atoms with Crippen molar-refractivity contribution in [1.29, 1.82) is 0 Å². The quantitative estimate of drug-likeness (QED) is 0.769. The Bertz CT molecular complexity index is 803. The molecule has 1 amide bonds. The van der Waals surface area contributed by atoms with Gasteiger partial charge in [-0.05, 0) is 49.2 Å². The summed E-state index contributed by atoms with van der Waals surface area (Å²) in [6.07, 6.45) is -4.02. The van der Waals surface area contributed by atoms with Crippen molar-refractivity contribution in [2.45, 2.75) is 25.6 Å². The number of amides is 1. The van der Waals surface area contributed by atoms with Crippen LogP contribution in [0, 0.1) is 0 Å². The highest BCUT2D eigenvalue weighted by atomic mass is 19.4. The first-order valence-electron chi connectivity index (χ1n) is 8.07. The van der Waals surface area contributed by atoms with Gasteiger partial charge in [-0.2, -0.15) is 13.2 Å². The highest BCUT2D eigenvalue weighted by Gasteiger charge is 2.29. The van der Waals surface area contributed by atoms with Gasteiger partial charge in [0.2, 0.25) is 0 Å². The van der Waals surface area contributed by atoms with Crippen LogP contribution in [0.1, 0.15) is 28.4 Å². The molecular weight excluding hydrogens is 363 g/mol. The van der Waals surface area contributed by atoms with Crippen molar-refractivity contribution in [3.8, 4) is 5.75 Å². The summed E-state index contributed by atoms with van der Waals surface area (Å²) in [6.45, 7) is 1.22. The van der Waals surface area contributed by atoms with Crippen molar-refractivity contribution in [3.63, 3.8) is 0 Å². The first-order valence-corrected chi connectivity index (χ1v) is 8.07. The highest BCUT2D eigenvalue weighted by molar-refractivity contribution is 5.94. The Morgan fingerprint density at radius 3 is 2.41 bits per heavy atom. The summed E-state index contributed by atoms with van der Waals surface area (Å²) in [5.74, 6) is -1.27. The average Bonchev–Trinajstić information content (AvgIpc) is 2.59. The van der Waals surface area contributed by atoms with Gasteiger partial charge in [-0.3, -0.25) is 4.79 Å². The molecule has 2 N–H and O–H groups in total. The molecule has 2 aromatic carbocycles. The lowest BCUT2D eigenvalue weighted by Crippen LogP contribution is -2.34. The van der Waals surface area contributed by atoms with Gasteiger partial charge < -0.3 is 15.2 Å². The topological polar surface area (TPSA) is 75.6 Å². The van der Waals surface area contributed by atoms with E-state index in [2.05, 4.69) is 5.32 Å². The Hall–Kier alpha value is -3.03. The minimum atomic E-state index is -4.38. The van der Waals surface area contributed by atoms with Crippen molar-refractivity contribution in [1.82, 2.24) is 5.32 Å². The van der Waals surface area contributed by atoms with Gasteiger partial charge in [0.1, 0.15) is 5.75 Å². The molecule has 1 atom stereocenters. The van der Waals surface area contributed by atoms with Gasteiger partial charge in [0, 0.05) is 11.6 Å². The Morgan fingerprint density at radius 1 is 1.15 bits per heavy atom. The molecule has 5 nitrogen and oxygen atoms in total. The Labute approximate surface area is 153 Å². The van der Waals surface area contributed by atoms with Crippen LogP contribution in [-0.2, 0) is 17.4 Å². The smallest absolute Gasteiger partial charge is 0.416 e. The molecule has 0 fully saturated rings. The first kappa shape index (κ1) is 20.3. The van der Waals surface area contributed by atoms with Crippen molar-refractivity contribution in [2.75, 3.05) is 6.61 Å². The maximum atomic E-state index is 12.6. The van der Waals surface area contributed by atoms with Crippen LogP contribution in [-0.4, -0.2) is 29.6 Å². The molecule has 0 radical (unpaired) electrons. The molecule has 1 unspecified atom stereocenters. The SMILES string of the molecule is CC(Cc1ccc(C(F)(F)F)cc1)NC(=O)c1cccc(OCC(=O)O)c1. The summed E-state index contributed by atoms with van der Waals surface area (Å²) in [7, 11) is 0. The van der Waals surface area contributed by atoms with E-state index in [1.807, 2.05) is 0 Å². The molecule has 0 saturated heterocycles. The number of benzene rings is 2. The average molecular weight is 381 g/mol. The van der Waals surface area contributed by atoms with Crippen LogP contribution in [0.5, 0.6) is 5.75 Å². The summed E-state index contributed by atoms with van der Waals surface area (Å²) >= 11 is 0. The van der Waals surface area contributed by atoms with E-state index in [1.54, 1.807) is 19.1 Å². The number of hydrogen-bond donors (Lipinski definition) is 2. The Morgan fingerprint density at radius 2 is 1.81 bits per heavy atom. The number of carbonyl (C=O) groups is 2. The molecule has 0 saturated carbocycles. The summed E-state index contributed by atoms with van der Waals surface area (Å²) < 4.78 is 42.7. The molecule has 8 heteroatoms. The molecule has 2 aromatic rings. The van der Waals surface area contributed by atoms with Crippen LogP contribution in [0.15, 0.2) is 48.5 Å². The summed E-state index contributed by atoms with van der Waals surface area (Å²) in [5, 5.41) is 11.4. The molecule has 144 valence electrons. The van der Waals surface area contributed by atoms with Gasteiger partial charge in [0.05, 0.1) is 5.56 Å². The van der Waals surface area contributed by atoms with E-state index >= 15 is 0 Å². The third kappa shape index (κ3) is 6.32. The lowest BCUT2D eigenvalue weighted by Gasteiger charge is -2.15. The van der Waals surface area contributed by atoms with Crippen molar-refractivity contribution < 1.29 is 32.6 Å². The number of ether oxygens (including phenoxy) is 1. The van der Waals surface area contributed by atoms with Crippen LogP contribution in [0.2, 0.25) is 0 Å². The van der Waals surface area contributed by atoms with E-state index in [1.165, 1.54) is 24.3 Å². The molecular formula is C19H18F3NO4. The molecule has 0 aliphatic carbocycles. The molecule has 2 rings (SSSR count). The second-order valence-corrected chi connectivity index (χ2v) is 5.98. The van der Waals surface area contributed by atoms with Crippen molar-refractivity contribution in [3.05, 3.63) is 65.2 Å². The second kappa shape index (κ2) is 8.57. The number of nitrogens with one attached hydrogen (secondary N) is 1. The van der Waals surface area contributed by atoms with Crippen molar-refractivity contribution >= 4 is 11.9 Å². The summed E-state index contributed by atoms with van der Waals surface area (Å²) in [4.78, 5) is 22.8. The number of carboxylic acid groups (broad SMARTS) is 1. The third-order valence-corrected chi connectivity index (χ3v) is 3.66. The second-order valence-electron chi connectivity index (χ2n) is 5.98. The number of carbonyl (C=O) groups excluding carboxylic acids is 1. The minimum Gasteiger partial charge on any atom is -0.482 e. The van der Waals surface area contributed by atoms with Crippen LogP contribution in [0.3, 0.4) is 0 Å². The van der Waals surface area contributed by atoms with E-state index in [4.69, 9.17) is 9.84 Å². The van der Waals surface area contributed by atoms with Crippen LogP contribution in [0.4, 0.5) is 13.2 Å². The lowest BCUT2D eigenvalue weighted by molar-refractivity contribution is -0.139. The first-order chi connectivity index (χ1) is 12.6. The number of rotatable bonds is 7. The zero-order valence-corrected chi connectivity index (χ0v) is 14.4. The van der Waals surface area contributed by atoms with Gasteiger partial charge in [-0.1, -0.05) is 18.2 Å². The summed E-state index contributed by atoms with van der Waals surface area (Å²) in [6, 6.07) is 10.5. The normalized spacial score (nSPS) is 12.3. The largest absolute Gasteiger partial charge is 0.482 e. The standard InChI is InChI=1S/C19H18F3NO4/c1-12(9-13-5-7-15(8-6-13)19(20,21)22)23-18(26)14-3-2-4-16(10-14)27-11-17(24)25/h2-8,10,12H,9,11H2,1H3,(H,23,26)(H,24,25). The molecule has 0 aliphatic heterocycles. The van der Waals surface area contributed by atoms with Gasteiger partial charge in [-0.15, -0.1) is 0 Å². The molecule has 0 bridgehead atoms. The van der Waals surface area contributed by atoms with Crippen LogP contribution < -0.4 is 10.1 Å². The van der Waals surface area contributed by atoms with E-state index < -0.39 is 30.2 Å². The Kier molecular flexibility index (Phi) is 6.44. The van der Waals surface area contributed by atoms with E-state index in [9.17, 15) is 22.8 Å². The van der Waals surface area contributed by atoms with Gasteiger partial charge in [0.25, 0.3) is 5.91 Å². The molecule has 0 aliphatic rings. The fraction of sp³-hybridized carbons (Fsp3) is 0.263. The zero-order chi connectivity index (χ0) is 20.0. The van der Waals surface area contributed by atoms with Crippen LogP contribution in [0.25, 0.3) is 0 Å². The maximum Gasteiger partial charge on any atom is 0.416 e. The van der Waals surface area contributed by atoms with E-state index in [0.29, 0.717) is 12.0 Å². The van der Waals surface area contributed by atoms with Gasteiger partial charge in [0.15, 0.2) is 6.61 Å². The summed E-state index contributed by atoms with van der Waals surface area (Å²) in [5.41, 5.74) is 0.229. The molecule has 0 aromatic heterocycles. The number of halogens is 3. The zero-order valence-electron chi connectivity index (χ0n) is 14.4. The minimum absolute atomic E-state index is 0.250. The number of carboxylic acids is 1. The third-order valence-electron chi connectivity index (χ3n) is 3.66. The molecule has 27 heavy (non-hydrogen) atoms. The highest BCUT2D eigenvalue weighted by Crippen LogP contribution is 2.29. The Balaban J connectivity index is 1.95. The van der Waals surface area contributed by atoms with Gasteiger partial charge in [-0.25, -0.2) is 4.79 Å². The predicted octanol–water partition coefficient (Wildman–Crippen LogP) is 3.53. The van der Waals surface area contributed by atoms with Crippen molar-refractivity contribution in [2.24, 2.45) is 0 Å². The predicted molar refractivity (Wildman–Crippen MR) is 91.6 cm³/mol. The monoisotopic (exact) mass is 381 g/mol. The molecule has 0 spiro atoms. The van der Waals surface area contributed by atoms with Gasteiger partial charge >= 0.3 is 12.1 Å². The van der Waals surface area contributed by atoms with E-state index in [0.717, 1.165) is 12.1 Å². The number of alkyl halides is 3. The lowest BCUT2D eigenvalue weighted by atomic mass is 10.0. The number of hydrogen-bond acceptors (Lipinski definition) is 3. The van der Waals surface area contributed by atoms with E-state index in [-0.39, 0.29) is 17.4 Å².